The predicted molar refractivity (Wildman–Crippen MR) is 275 cm³/mol. The van der Waals surface area contributed by atoms with Gasteiger partial charge in [0.25, 0.3) is 0 Å². The molecule has 5 saturated heterocycles. The molecule has 82 heavy (non-hydrogen) atoms. The summed E-state index contributed by atoms with van der Waals surface area (Å²) in [7, 11) is -4.19. The van der Waals surface area contributed by atoms with Crippen LogP contribution in [0.1, 0.15) is 107 Å². The first-order valence-corrected chi connectivity index (χ1v) is 29.7. The maximum absolute atomic E-state index is 14.7. The van der Waals surface area contributed by atoms with Gasteiger partial charge in [-0.15, -0.1) is 0 Å². The lowest BCUT2D eigenvalue weighted by molar-refractivity contribution is -0.386. The molecule has 0 aromatic rings. The molecule has 9 N–H and O–H groups in total. The lowest BCUT2D eigenvalue weighted by Crippen LogP contribution is -2.66. The summed E-state index contributed by atoms with van der Waals surface area (Å²) in [5.41, 5.74) is -3.77. The van der Waals surface area contributed by atoms with Crippen molar-refractivity contribution in [3.63, 3.8) is 0 Å². The predicted octanol–water partition coefficient (Wildman–Crippen LogP) is -0.752. The number of allylic oxidation sites excluding steroid dienone is 2. The minimum atomic E-state index is -5.43. The standard InChI is InChI=1S/C55H86O26S/c1-24-40(77-47-39(64)42(34(59)30(21-56)75-47)78-45-38(63)41(70-10)28(58)22-71-45)36(61)37(62)46(73-24)79-43-35(60)31(81-82(67,68)69)23-72-48(43)76-33-15-18-52(7)26-14-19-55-44(54(9,80-49(55)65)17-11-16-50(3,4)66)29(74-25(2)57)20-53(55,8)27(26)12-13-32(52)51(33,5)6/h11-12,16,24,26,28-48,56,58-64,66H,13-15,17-23H2,1-10H3,(H,67,68,69)/p-1/b16-11+/t24-,26-,28-,29+,30-,31-,32+,33+,34-,35+,36-,37-,38-,39-,40-,41+,42+,43-,44-,45+,46+,47+,48+,52-,53+,54+,55-/m1/s1. The zero-order chi connectivity index (χ0) is 60.2. The first-order valence-electron chi connectivity index (χ1n) is 28.4. The Morgan fingerprint density at radius 1 is 0.805 bits per heavy atom. The molecule has 8 fully saturated rings. The summed E-state index contributed by atoms with van der Waals surface area (Å²) in [4.78, 5) is 27.4. The van der Waals surface area contributed by atoms with E-state index in [1.165, 1.54) is 21.0 Å². The van der Waals surface area contributed by atoms with Crippen molar-refractivity contribution in [3.8, 4) is 0 Å². The highest BCUT2D eigenvalue weighted by atomic mass is 32.3. The van der Waals surface area contributed by atoms with Gasteiger partial charge in [0, 0.05) is 25.9 Å². The molecule has 27 atom stereocenters. The Labute approximate surface area is 477 Å². The highest BCUT2D eigenvalue weighted by molar-refractivity contribution is 7.80. The molecule has 27 heteroatoms. The second-order valence-corrected chi connectivity index (χ2v) is 27.0. The summed E-state index contributed by atoms with van der Waals surface area (Å²) in [5.74, 6) is -1.32. The van der Waals surface area contributed by atoms with Crippen molar-refractivity contribution in [1.82, 2.24) is 0 Å². The van der Waals surface area contributed by atoms with E-state index in [-0.39, 0.29) is 29.8 Å². The number of aliphatic hydroxyl groups is 9. The van der Waals surface area contributed by atoms with Gasteiger partial charge in [0.05, 0.1) is 49.0 Å². The molecule has 5 heterocycles. The van der Waals surface area contributed by atoms with Crippen LogP contribution in [0.5, 0.6) is 0 Å². The second kappa shape index (κ2) is 23.3. The summed E-state index contributed by atoms with van der Waals surface area (Å²) in [5, 5.41) is 99.2. The third kappa shape index (κ3) is 11.3. The van der Waals surface area contributed by atoms with Gasteiger partial charge in [-0.05, 0) is 88.9 Å². The SMILES string of the molecule is CO[C@@H]1[C@@H](O)[C@H](O[C@@H]2[C@@H](O)[C@H](O[C@H]3[C@H](O)[C@@H](O)[C@H](O[C@H]4[C@H](O[C@H]5CC[C@]6(C)[C@@H]7CC[C@]89C(=O)O[C@@](C)(C/C=C/C(C)(C)O)[C@H]8[C@@H](OC(C)=O)C[C@@]9(C)C7=CC[C@H]6C5(C)C)OC[C@@H](OS(=O)(=O)[O-])[C@@H]4O)O[C@@H]3C)O[C@H](CO)[C@H]2O)OC[C@H]1O. The number of hydrogen-bond acceptors (Lipinski definition) is 26. The summed E-state index contributed by atoms with van der Waals surface area (Å²) in [6, 6.07) is 0. The quantitative estimate of drug-likeness (QED) is 0.0397. The normalized spacial score (nSPS) is 49.5. The van der Waals surface area contributed by atoms with Crippen molar-refractivity contribution in [1.29, 1.82) is 0 Å². The van der Waals surface area contributed by atoms with Crippen LogP contribution in [0.25, 0.3) is 0 Å². The molecule has 3 saturated carbocycles. The zero-order valence-electron chi connectivity index (χ0n) is 48.0. The van der Waals surface area contributed by atoms with Crippen molar-refractivity contribution in [2.45, 2.75) is 241 Å². The number of ether oxygens (including phenoxy) is 11. The fourth-order valence-corrected chi connectivity index (χ4v) is 16.7. The van der Waals surface area contributed by atoms with Gasteiger partial charge in [0.1, 0.15) is 91.1 Å². The van der Waals surface area contributed by atoms with Crippen molar-refractivity contribution in [3.05, 3.63) is 23.8 Å². The first kappa shape index (κ1) is 64.1. The Bertz CT molecular complexity index is 2490. The topological polar surface area (TPSA) is 384 Å². The molecule has 5 aliphatic heterocycles. The van der Waals surface area contributed by atoms with Crippen molar-refractivity contribution in [2.24, 2.45) is 39.4 Å². The zero-order valence-corrected chi connectivity index (χ0v) is 48.8. The molecule has 0 bridgehead atoms. The van der Waals surface area contributed by atoms with Crippen LogP contribution in [0.2, 0.25) is 0 Å². The smallest absolute Gasteiger partial charge is 0.314 e. The summed E-state index contributed by atoms with van der Waals surface area (Å²) in [6.07, 6.45) is -21.9. The largest absolute Gasteiger partial charge is 0.726 e. The number of methoxy groups -OCH3 is 1. The second-order valence-electron chi connectivity index (χ2n) is 26.0. The van der Waals surface area contributed by atoms with E-state index < -0.39 is 186 Å². The van der Waals surface area contributed by atoms with Crippen molar-refractivity contribution < 1.29 is 125 Å². The van der Waals surface area contributed by atoms with E-state index in [0.29, 0.717) is 44.9 Å². The third-order valence-corrected chi connectivity index (χ3v) is 20.5. The first-order chi connectivity index (χ1) is 38.2. The van der Waals surface area contributed by atoms with Crippen LogP contribution in [-0.2, 0) is 76.3 Å². The van der Waals surface area contributed by atoms with Crippen molar-refractivity contribution in [2.75, 3.05) is 26.9 Å². The fourth-order valence-electron chi connectivity index (χ4n) is 16.2. The van der Waals surface area contributed by atoms with Gasteiger partial charge in [-0.25, -0.2) is 8.42 Å². The molecule has 9 aliphatic rings. The van der Waals surface area contributed by atoms with E-state index in [2.05, 4.69) is 38.0 Å². The van der Waals surface area contributed by atoms with Crippen LogP contribution < -0.4 is 0 Å². The van der Waals surface area contributed by atoms with Crippen LogP contribution in [-0.4, -0.2) is 232 Å². The molecule has 4 aliphatic carbocycles. The van der Waals surface area contributed by atoms with Gasteiger partial charge in [-0.1, -0.05) is 51.5 Å². The molecular formula is C55H85O26S-. The van der Waals surface area contributed by atoms with Gasteiger partial charge in [0.15, 0.2) is 25.2 Å². The van der Waals surface area contributed by atoms with E-state index >= 15 is 0 Å². The van der Waals surface area contributed by atoms with Crippen LogP contribution >= 0.6 is 0 Å². The molecule has 0 amide bonds. The number of cyclic esters (lactones) is 1. The summed E-state index contributed by atoms with van der Waals surface area (Å²) in [6.45, 7) is 14.6. The Morgan fingerprint density at radius 2 is 1.45 bits per heavy atom. The fraction of sp³-hybridized carbons (Fsp3) is 0.891. The molecule has 468 valence electrons. The van der Waals surface area contributed by atoms with E-state index in [1.807, 2.05) is 13.0 Å². The monoisotopic (exact) mass is 1190 g/mol. The minimum Gasteiger partial charge on any atom is -0.726 e. The number of esters is 2. The highest BCUT2D eigenvalue weighted by Gasteiger charge is 2.79. The van der Waals surface area contributed by atoms with Gasteiger partial charge in [0.2, 0.25) is 10.4 Å². The van der Waals surface area contributed by atoms with Crippen LogP contribution in [0.3, 0.4) is 0 Å². The minimum absolute atomic E-state index is 0.00820. The average Bonchev–Trinajstić information content (AvgIpc) is 1.52. The Hall–Kier alpha value is -2.43. The lowest BCUT2D eigenvalue weighted by atomic mass is 9.41. The molecule has 0 aromatic carbocycles. The molecule has 0 aromatic heterocycles. The van der Waals surface area contributed by atoms with E-state index in [0.717, 1.165) is 5.57 Å². The molecular weight excluding hydrogens is 1110 g/mol. The van der Waals surface area contributed by atoms with E-state index in [4.69, 9.17) is 52.1 Å². The molecule has 0 unspecified atom stereocenters. The highest BCUT2D eigenvalue weighted by Crippen LogP contribution is 2.76. The maximum Gasteiger partial charge on any atom is 0.314 e. The number of aliphatic hydroxyl groups excluding tert-OH is 8. The Kier molecular flexibility index (Phi) is 18.2. The lowest BCUT2D eigenvalue weighted by Gasteiger charge is -2.64. The molecule has 26 nitrogen and oxygen atoms in total. The number of fused-ring (bicyclic) bond motifs is 4. The average molecular weight is 1190 g/mol. The van der Waals surface area contributed by atoms with Crippen LogP contribution in [0.15, 0.2) is 23.8 Å². The third-order valence-electron chi connectivity index (χ3n) is 20.0. The van der Waals surface area contributed by atoms with Gasteiger partial charge in [-0.2, -0.15) is 0 Å². The molecule has 1 spiro atoms. The molecule has 9 rings (SSSR count). The number of rotatable bonds is 16. The summed E-state index contributed by atoms with van der Waals surface area (Å²) < 4.78 is 106. The Balaban J connectivity index is 0.920. The number of hydrogen-bond donors (Lipinski definition) is 9. The van der Waals surface area contributed by atoms with Crippen LogP contribution in [0.4, 0.5) is 0 Å². The van der Waals surface area contributed by atoms with Crippen molar-refractivity contribution >= 4 is 22.3 Å². The van der Waals surface area contributed by atoms with Gasteiger partial charge < -0.3 is 103 Å². The van der Waals surface area contributed by atoms with Gasteiger partial charge in [-0.3, -0.25) is 13.8 Å². The maximum atomic E-state index is 14.7. The van der Waals surface area contributed by atoms with E-state index in [9.17, 15) is 68.5 Å². The molecule has 0 radical (unpaired) electrons. The number of carbonyl (C=O) groups is 2. The van der Waals surface area contributed by atoms with Crippen LogP contribution in [0, 0.1) is 39.4 Å². The summed E-state index contributed by atoms with van der Waals surface area (Å²) >= 11 is 0. The number of carbonyl (C=O) groups excluding carboxylic acids is 2. The Morgan fingerprint density at radius 3 is 2.10 bits per heavy atom. The van der Waals surface area contributed by atoms with E-state index in [1.54, 1.807) is 19.9 Å². The van der Waals surface area contributed by atoms with Gasteiger partial charge >= 0.3 is 11.9 Å².